The number of halogens is 1. The van der Waals surface area contributed by atoms with Crippen molar-refractivity contribution >= 4 is 17.3 Å². The average molecular weight is 227 g/mol. The molecule has 15 heavy (non-hydrogen) atoms. The summed E-state index contributed by atoms with van der Waals surface area (Å²) in [5.74, 6) is 0.116. The number of anilines is 1. The van der Waals surface area contributed by atoms with Crippen LogP contribution in [-0.4, -0.2) is 17.2 Å². The molecule has 82 valence electrons. The van der Waals surface area contributed by atoms with E-state index in [0.717, 1.165) is 24.9 Å². The highest BCUT2D eigenvalue weighted by atomic mass is 35.5. The molecular formula is C11H15ClN2O. The van der Waals surface area contributed by atoms with E-state index in [0.29, 0.717) is 17.1 Å². The second-order valence-corrected chi connectivity index (χ2v) is 4.49. The maximum absolute atomic E-state index is 9.27. The van der Waals surface area contributed by atoms with E-state index >= 15 is 0 Å². The van der Waals surface area contributed by atoms with Crippen LogP contribution in [0.3, 0.4) is 0 Å². The van der Waals surface area contributed by atoms with E-state index in [1.165, 1.54) is 0 Å². The molecule has 0 bridgehead atoms. The van der Waals surface area contributed by atoms with Gasteiger partial charge in [-0.25, -0.2) is 0 Å². The van der Waals surface area contributed by atoms with Crippen LogP contribution in [-0.2, 0) is 0 Å². The summed E-state index contributed by atoms with van der Waals surface area (Å²) in [6.45, 7) is 0. The summed E-state index contributed by atoms with van der Waals surface area (Å²) < 4.78 is 0. The normalized spacial score (nSPS) is 25.5. The SMILES string of the molecule is NC1CCC(Nc2ccc(O)c(Cl)c2)C1. The van der Waals surface area contributed by atoms with E-state index in [9.17, 15) is 5.11 Å². The molecule has 0 aromatic heterocycles. The molecule has 0 heterocycles. The summed E-state index contributed by atoms with van der Waals surface area (Å²) in [4.78, 5) is 0. The van der Waals surface area contributed by atoms with Gasteiger partial charge < -0.3 is 16.2 Å². The average Bonchev–Trinajstić information content (AvgIpc) is 2.58. The molecule has 2 rings (SSSR count). The quantitative estimate of drug-likeness (QED) is 0.679. The molecule has 0 spiro atoms. The van der Waals surface area contributed by atoms with E-state index in [1.807, 2.05) is 6.07 Å². The van der Waals surface area contributed by atoms with Crippen molar-refractivity contribution in [2.75, 3.05) is 5.32 Å². The van der Waals surface area contributed by atoms with Gasteiger partial charge in [0.2, 0.25) is 0 Å². The van der Waals surface area contributed by atoms with Crippen molar-refractivity contribution in [1.82, 2.24) is 0 Å². The van der Waals surface area contributed by atoms with Gasteiger partial charge in [0.15, 0.2) is 0 Å². The minimum atomic E-state index is 0.116. The van der Waals surface area contributed by atoms with Gasteiger partial charge in [-0.1, -0.05) is 11.6 Å². The van der Waals surface area contributed by atoms with Gasteiger partial charge in [-0.2, -0.15) is 0 Å². The van der Waals surface area contributed by atoms with Crippen LogP contribution in [0.4, 0.5) is 5.69 Å². The van der Waals surface area contributed by atoms with Crippen LogP contribution in [0.5, 0.6) is 5.75 Å². The molecule has 4 heteroatoms. The highest BCUT2D eigenvalue weighted by Gasteiger charge is 2.21. The standard InChI is InChI=1S/C11H15ClN2O/c12-10-6-9(3-4-11(10)15)14-8-2-1-7(13)5-8/h3-4,6-8,14-15H,1-2,5,13H2. The van der Waals surface area contributed by atoms with Gasteiger partial charge >= 0.3 is 0 Å². The summed E-state index contributed by atoms with van der Waals surface area (Å²) in [6.07, 6.45) is 3.17. The van der Waals surface area contributed by atoms with Crippen molar-refractivity contribution in [3.8, 4) is 5.75 Å². The van der Waals surface area contributed by atoms with Crippen molar-refractivity contribution in [1.29, 1.82) is 0 Å². The van der Waals surface area contributed by atoms with Crippen LogP contribution in [0.25, 0.3) is 0 Å². The first-order chi connectivity index (χ1) is 7.15. The number of phenols is 1. The number of phenolic OH excluding ortho intramolecular Hbond substituents is 1. The zero-order valence-corrected chi connectivity index (χ0v) is 9.17. The van der Waals surface area contributed by atoms with Crippen molar-refractivity contribution in [2.24, 2.45) is 5.73 Å². The highest BCUT2D eigenvalue weighted by molar-refractivity contribution is 6.32. The second-order valence-electron chi connectivity index (χ2n) is 4.08. The summed E-state index contributed by atoms with van der Waals surface area (Å²) >= 11 is 5.81. The lowest BCUT2D eigenvalue weighted by Gasteiger charge is -2.14. The first-order valence-corrected chi connectivity index (χ1v) is 5.53. The van der Waals surface area contributed by atoms with E-state index in [2.05, 4.69) is 5.32 Å². The van der Waals surface area contributed by atoms with E-state index in [-0.39, 0.29) is 5.75 Å². The molecule has 2 unspecified atom stereocenters. The van der Waals surface area contributed by atoms with Gasteiger partial charge in [-0.3, -0.25) is 0 Å². The van der Waals surface area contributed by atoms with Gasteiger partial charge in [-0.05, 0) is 37.5 Å². The van der Waals surface area contributed by atoms with Gasteiger partial charge in [0, 0.05) is 17.8 Å². The molecule has 1 aliphatic carbocycles. The second kappa shape index (κ2) is 4.29. The summed E-state index contributed by atoms with van der Waals surface area (Å²) in [6, 6.07) is 5.90. The number of rotatable bonds is 2. The molecule has 4 N–H and O–H groups in total. The summed E-state index contributed by atoms with van der Waals surface area (Å²) in [5, 5.41) is 13.0. The smallest absolute Gasteiger partial charge is 0.134 e. The molecule has 0 radical (unpaired) electrons. The van der Waals surface area contributed by atoms with Crippen LogP contribution in [0.15, 0.2) is 18.2 Å². The zero-order chi connectivity index (χ0) is 10.8. The van der Waals surface area contributed by atoms with Gasteiger partial charge in [0.1, 0.15) is 5.75 Å². The molecule has 3 nitrogen and oxygen atoms in total. The first kappa shape index (κ1) is 10.6. The number of nitrogens with one attached hydrogen (secondary N) is 1. The lowest BCUT2D eigenvalue weighted by Crippen LogP contribution is -2.20. The third-order valence-electron chi connectivity index (χ3n) is 2.79. The molecule has 1 aliphatic rings. The van der Waals surface area contributed by atoms with Crippen molar-refractivity contribution in [2.45, 2.75) is 31.3 Å². The molecule has 1 aromatic rings. The predicted octanol–water partition coefficient (Wildman–Crippen LogP) is 2.34. The first-order valence-electron chi connectivity index (χ1n) is 5.16. The zero-order valence-electron chi connectivity index (χ0n) is 8.41. The molecule has 0 saturated heterocycles. The molecule has 0 aliphatic heterocycles. The molecule has 1 fully saturated rings. The van der Waals surface area contributed by atoms with Crippen molar-refractivity contribution < 1.29 is 5.11 Å². The Labute approximate surface area is 94.2 Å². The van der Waals surface area contributed by atoms with Crippen molar-refractivity contribution in [3.05, 3.63) is 23.2 Å². The Morgan fingerprint density at radius 1 is 1.40 bits per heavy atom. The Bertz CT molecular complexity index is 356. The number of nitrogens with two attached hydrogens (primary N) is 1. The maximum Gasteiger partial charge on any atom is 0.134 e. The number of benzene rings is 1. The van der Waals surface area contributed by atoms with Gasteiger partial charge in [0.05, 0.1) is 5.02 Å². The fourth-order valence-electron chi connectivity index (χ4n) is 1.98. The molecule has 2 atom stereocenters. The van der Waals surface area contributed by atoms with E-state index < -0.39 is 0 Å². The predicted molar refractivity (Wildman–Crippen MR) is 62.4 cm³/mol. The Balaban J connectivity index is 2.02. The fraction of sp³-hybridized carbons (Fsp3) is 0.455. The molecule has 1 aromatic carbocycles. The Kier molecular flexibility index (Phi) is 3.03. The monoisotopic (exact) mass is 226 g/mol. The minimum absolute atomic E-state index is 0.116. The largest absolute Gasteiger partial charge is 0.506 e. The summed E-state index contributed by atoms with van der Waals surface area (Å²) in [7, 11) is 0. The Morgan fingerprint density at radius 2 is 2.20 bits per heavy atom. The van der Waals surface area contributed by atoms with Crippen LogP contribution in [0.1, 0.15) is 19.3 Å². The lowest BCUT2D eigenvalue weighted by atomic mass is 10.2. The van der Waals surface area contributed by atoms with E-state index in [4.69, 9.17) is 17.3 Å². The number of aromatic hydroxyl groups is 1. The van der Waals surface area contributed by atoms with Crippen molar-refractivity contribution in [3.63, 3.8) is 0 Å². The molecule has 1 saturated carbocycles. The van der Waals surface area contributed by atoms with Crippen LogP contribution in [0.2, 0.25) is 5.02 Å². The third-order valence-corrected chi connectivity index (χ3v) is 3.09. The molecule has 0 amide bonds. The Morgan fingerprint density at radius 3 is 2.80 bits per heavy atom. The maximum atomic E-state index is 9.27. The number of hydrogen-bond donors (Lipinski definition) is 3. The van der Waals surface area contributed by atoms with Gasteiger partial charge in [-0.15, -0.1) is 0 Å². The van der Waals surface area contributed by atoms with E-state index in [1.54, 1.807) is 12.1 Å². The fourth-order valence-corrected chi connectivity index (χ4v) is 2.16. The lowest BCUT2D eigenvalue weighted by molar-refractivity contribution is 0.475. The number of hydrogen-bond acceptors (Lipinski definition) is 3. The topological polar surface area (TPSA) is 58.3 Å². The Hall–Kier alpha value is -0.930. The van der Waals surface area contributed by atoms with Crippen LogP contribution >= 0.6 is 11.6 Å². The highest BCUT2D eigenvalue weighted by Crippen LogP contribution is 2.28. The summed E-state index contributed by atoms with van der Waals surface area (Å²) in [5.41, 5.74) is 6.77. The van der Waals surface area contributed by atoms with Gasteiger partial charge in [0.25, 0.3) is 0 Å². The molecular weight excluding hydrogens is 212 g/mol. The third kappa shape index (κ3) is 2.55. The van der Waals surface area contributed by atoms with Crippen LogP contribution < -0.4 is 11.1 Å². The van der Waals surface area contributed by atoms with Crippen LogP contribution in [0, 0.1) is 0 Å². The minimum Gasteiger partial charge on any atom is -0.506 e.